The topological polar surface area (TPSA) is 39.7 Å². The van der Waals surface area contributed by atoms with Crippen LogP contribution in [0.4, 0.5) is 5.69 Å². The van der Waals surface area contributed by atoms with Crippen LogP contribution in [0, 0.1) is 0 Å². The molecule has 4 nitrogen and oxygen atoms in total. The normalized spacial score (nSPS) is 11.5. The molecule has 1 aromatic carbocycles. The van der Waals surface area contributed by atoms with Gasteiger partial charge in [-0.15, -0.1) is 73.6 Å². The number of hydrogen-bond acceptors (Lipinski definition) is 4. The molecule has 25 heavy (non-hydrogen) atoms. The van der Waals surface area contributed by atoms with Gasteiger partial charge in [-0.2, -0.15) is 0 Å². The maximum atomic E-state index is 6.30. The van der Waals surface area contributed by atoms with E-state index >= 15 is 0 Å². The van der Waals surface area contributed by atoms with Crippen LogP contribution >= 0.6 is 96.8 Å². The largest absolute Gasteiger partial charge is 0.354 e. The lowest BCUT2D eigenvalue weighted by atomic mass is 10.2. The van der Waals surface area contributed by atoms with Gasteiger partial charge in [0.05, 0.1) is 22.3 Å². The summed E-state index contributed by atoms with van der Waals surface area (Å²) in [5.74, 6) is 1.31. The van der Waals surface area contributed by atoms with Gasteiger partial charge in [-0.3, -0.25) is 4.99 Å². The summed E-state index contributed by atoms with van der Waals surface area (Å²) >= 11 is 18.3. The first kappa shape index (κ1) is 33.4. The number of rotatable bonds is 5. The maximum Gasteiger partial charge on any atom is 0.196 e. The third kappa shape index (κ3) is 10.6. The number of anilines is 1. The standard InChI is InChI=1S/C13H17Cl3N4.5ClH/c1-20(5-2-14)8-9-6-10(15)12(11(16)7-9)19-13-17-3-4-18-13;;;;;/h6-7H,2-5,8H2,1H3,(H2,17,18,19);5*1H. The minimum absolute atomic E-state index is 0. The smallest absolute Gasteiger partial charge is 0.196 e. The minimum Gasteiger partial charge on any atom is -0.354 e. The molecule has 0 spiro atoms. The molecule has 0 bridgehead atoms. The van der Waals surface area contributed by atoms with E-state index in [0.29, 0.717) is 27.6 Å². The van der Waals surface area contributed by atoms with Crippen LogP contribution in [0.5, 0.6) is 0 Å². The molecule has 0 aromatic heterocycles. The molecule has 0 saturated heterocycles. The zero-order valence-corrected chi connectivity index (χ0v) is 19.6. The summed E-state index contributed by atoms with van der Waals surface area (Å²) in [4.78, 5) is 6.38. The number of nitrogens with one attached hydrogen (secondary N) is 2. The van der Waals surface area contributed by atoms with Gasteiger partial charge in [-0.25, -0.2) is 0 Å². The van der Waals surface area contributed by atoms with E-state index in [1.165, 1.54) is 0 Å². The Labute approximate surface area is 194 Å². The second-order valence-electron chi connectivity index (χ2n) is 4.64. The summed E-state index contributed by atoms with van der Waals surface area (Å²) in [6.07, 6.45) is 0. The van der Waals surface area contributed by atoms with Gasteiger partial charge in [-0.05, 0) is 24.7 Å². The van der Waals surface area contributed by atoms with Crippen molar-refractivity contribution >= 4 is 108 Å². The molecule has 0 atom stereocenters. The van der Waals surface area contributed by atoms with Gasteiger partial charge in [0.15, 0.2) is 5.96 Å². The molecule has 150 valence electrons. The number of halogens is 8. The van der Waals surface area contributed by atoms with E-state index in [4.69, 9.17) is 34.8 Å². The zero-order valence-electron chi connectivity index (χ0n) is 13.3. The Bertz CT molecular complexity index is 492. The molecular formula is C13H22Cl8N4. The van der Waals surface area contributed by atoms with Gasteiger partial charge < -0.3 is 15.5 Å². The van der Waals surface area contributed by atoms with Crippen LogP contribution in [0.1, 0.15) is 5.56 Å². The molecule has 0 radical (unpaired) electrons. The fraction of sp³-hybridized carbons (Fsp3) is 0.462. The van der Waals surface area contributed by atoms with Crippen LogP contribution in [-0.4, -0.2) is 43.4 Å². The Kier molecular flexibility index (Phi) is 22.6. The average molecular weight is 518 g/mol. The monoisotopic (exact) mass is 514 g/mol. The van der Waals surface area contributed by atoms with Crippen molar-refractivity contribution in [3.63, 3.8) is 0 Å². The number of aliphatic imine (C=N–C) groups is 1. The fourth-order valence-corrected chi connectivity index (χ4v) is 2.89. The van der Waals surface area contributed by atoms with Crippen LogP contribution in [0.15, 0.2) is 17.1 Å². The van der Waals surface area contributed by atoms with Crippen molar-refractivity contribution in [3.05, 3.63) is 27.7 Å². The molecule has 0 fully saturated rings. The van der Waals surface area contributed by atoms with Gasteiger partial charge in [0.25, 0.3) is 0 Å². The number of nitrogens with zero attached hydrogens (tertiary/aromatic N) is 2. The van der Waals surface area contributed by atoms with E-state index in [1.807, 2.05) is 19.2 Å². The fourth-order valence-electron chi connectivity index (χ4n) is 1.97. The summed E-state index contributed by atoms with van der Waals surface area (Å²) in [5, 5.41) is 7.42. The lowest BCUT2D eigenvalue weighted by Gasteiger charge is -2.17. The highest BCUT2D eigenvalue weighted by molar-refractivity contribution is 6.40. The number of hydrogen-bond donors (Lipinski definition) is 2. The Morgan fingerprint density at radius 2 is 1.68 bits per heavy atom. The predicted molar refractivity (Wildman–Crippen MR) is 124 cm³/mol. The van der Waals surface area contributed by atoms with Crippen LogP contribution in [-0.2, 0) is 6.54 Å². The van der Waals surface area contributed by atoms with Crippen molar-refractivity contribution in [3.8, 4) is 0 Å². The molecule has 1 aromatic rings. The second kappa shape index (κ2) is 16.9. The Morgan fingerprint density at radius 1 is 1.12 bits per heavy atom. The van der Waals surface area contributed by atoms with Crippen LogP contribution < -0.4 is 10.6 Å². The lowest BCUT2D eigenvalue weighted by Crippen LogP contribution is -2.26. The van der Waals surface area contributed by atoms with Crippen LogP contribution in [0.3, 0.4) is 0 Å². The van der Waals surface area contributed by atoms with Gasteiger partial charge >= 0.3 is 0 Å². The van der Waals surface area contributed by atoms with E-state index < -0.39 is 0 Å². The lowest BCUT2D eigenvalue weighted by molar-refractivity contribution is 0.348. The second-order valence-corrected chi connectivity index (χ2v) is 5.84. The minimum atomic E-state index is 0. The highest BCUT2D eigenvalue weighted by Gasteiger charge is 2.13. The molecule has 0 saturated carbocycles. The number of alkyl halides is 1. The van der Waals surface area contributed by atoms with E-state index in [2.05, 4.69) is 20.5 Å². The molecule has 2 rings (SSSR count). The number of benzene rings is 1. The molecule has 1 heterocycles. The first-order valence-corrected chi connectivity index (χ1v) is 7.67. The highest BCUT2D eigenvalue weighted by Crippen LogP contribution is 2.32. The van der Waals surface area contributed by atoms with E-state index in [9.17, 15) is 0 Å². The first-order chi connectivity index (χ1) is 9.60. The number of guanidine groups is 1. The van der Waals surface area contributed by atoms with E-state index in [1.54, 1.807) is 0 Å². The quantitative estimate of drug-likeness (QED) is 0.531. The predicted octanol–water partition coefficient (Wildman–Crippen LogP) is 5.14. The van der Waals surface area contributed by atoms with E-state index in [0.717, 1.165) is 31.7 Å². The Morgan fingerprint density at radius 3 is 2.12 bits per heavy atom. The first-order valence-electron chi connectivity index (χ1n) is 6.38. The maximum absolute atomic E-state index is 6.30. The van der Waals surface area contributed by atoms with Gasteiger partial charge in [-0.1, -0.05) is 23.2 Å². The summed E-state index contributed by atoms with van der Waals surface area (Å²) < 4.78 is 0. The molecular weight excluding hydrogens is 496 g/mol. The third-order valence-corrected chi connectivity index (χ3v) is 3.70. The molecule has 1 aliphatic heterocycles. The third-order valence-electron chi connectivity index (χ3n) is 2.94. The van der Waals surface area contributed by atoms with Gasteiger partial charge in [0.1, 0.15) is 0 Å². The molecule has 0 unspecified atom stereocenters. The summed E-state index contributed by atoms with van der Waals surface area (Å²) in [6.45, 7) is 3.17. The summed E-state index contributed by atoms with van der Waals surface area (Å²) in [5.41, 5.74) is 1.74. The van der Waals surface area contributed by atoms with Crippen molar-refractivity contribution < 1.29 is 0 Å². The highest BCUT2D eigenvalue weighted by atomic mass is 35.5. The zero-order chi connectivity index (χ0) is 14.5. The summed E-state index contributed by atoms with van der Waals surface area (Å²) in [7, 11) is 2.01. The van der Waals surface area contributed by atoms with Crippen LogP contribution in [0.2, 0.25) is 10.0 Å². The van der Waals surface area contributed by atoms with Crippen molar-refractivity contribution in [1.82, 2.24) is 10.2 Å². The Hall–Kier alpha value is 0.770. The SMILES string of the molecule is CN(CCCl)Cc1cc(Cl)c(NC2=NCCN2)c(Cl)c1.Cl.Cl.Cl.Cl.Cl. The molecule has 1 aliphatic rings. The van der Waals surface area contributed by atoms with Crippen molar-refractivity contribution in [1.29, 1.82) is 0 Å². The molecule has 0 amide bonds. The van der Waals surface area contributed by atoms with Crippen molar-refractivity contribution in [2.45, 2.75) is 6.54 Å². The van der Waals surface area contributed by atoms with Crippen LogP contribution in [0.25, 0.3) is 0 Å². The van der Waals surface area contributed by atoms with Gasteiger partial charge in [0.2, 0.25) is 0 Å². The summed E-state index contributed by atoms with van der Waals surface area (Å²) in [6, 6.07) is 3.83. The van der Waals surface area contributed by atoms with E-state index in [-0.39, 0.29) is 62.0 Å². The molecule has 2 N–H and O–H groups in total. The average Bonchev–Trinajstić information content (AvgIpc) is 2.87. The van der Waals surface area contributed by atoms with Crippen molar-refractivity contribution in [2.75, 3.05) is 37.9 Å². The molecule has 0 aliphatic carbocycles. The molecule has 12 heteroatoms. The van der Waals surface area contributed by atoms with Crippen molar-refractivity contribution in [2.24, 2.45) is 4.99 Å². The van der Waals surface area contributed by atoms with Gasteiger partial charge in [0, 0.05) is 25.5 Å². The Balaban J connectivity index is -0.000000441.